The van der Waals surface area contributed by atoms with Gasteiger partial charge in [0, 0.05) is 11.9 Å². The van der Waals surface area contributed by atoms with Crippen LogP contribution in [-0.2, 0) is 26.1 Å². The minimum atomic E-state index is -1.08. The van der Waals surface area contributed by atoms with Gasteiger partial charge in [-0.15, -0.1) is 0 Å². The Morgan fingerprint density at radius 1 is 0.923 bits per heavy atom. The van der Waals surface area contributed by atoms with Crippen molar-refractivity contribution >= 4 is 11.9 Å². The molecule has 0 aromatic rings. The van der Waals surface area contributed by atoms with Gasteiger partial charge in [-0.1, -0.05) is 0 Å². The van der Waals surface area contributed by atoms with Crippen LogP contribution >= 0.6 is 0 Å². The van der Waals surface area contributed by atoms with E-state index in [0.717, 1.165) is 21.0 Å². The molecule has 0 aromatic carbocycles. The number of hydrogen-bond donors (Lipinski definition) is 0. The number of carbonyl (C=O) groups is 2. The van der Waals surface area contributed by atoms with Gasteiger partial charge in [-0.3, -0.25) is 0 Å². The summed E-state index contributed by atoms with van der Waals surface area (Å²) in [4.78, 5) is 17.8. The van der Waals surface area contributed by atoms with Crippen molar-refractivity contribution in [3.8, 4) is 0 Å². The molecule has 0 heterocycles. The Morgan fingerprint density at radius 3 is 0.923 bits per heavy atom. The van der Waals surface area contributed by atoms with Gasteiger partial charge in [-0.2, -0.15) is 7.11 Å². The van der Waals surface area contributed by atoms with Crippen molar-refractivity contribution < 1.29 is 102 Å². The van der Waals surface area contributed by atoms with E-state index < -0.39 is 11.9 Å². The monoisotopic (exact) mass is 254 g/mol. The van der Waals surface area contributed by atoms with Gasteiger partial charge in [0.1, 0.15) is 0 Å². The third-order valence-corrected chi connectivity index (χ3v) is 0. The third-order valence-electron chi connectivity index (χ3n) is 0. The topological polar surface area (TPSA) is 103 Å². The van der Waals surface area contributed by atoms with Crippen LogP contribution in [0.25, 0.3) is 0 Å². The molecule has 0 fully saturated rings. The van der Waals surface area contributed by atoms with Gasteiger partial charge in [-0.25, -0.2) is 0 Å². The molecule has 0 aliphatic heterocycles. The van der Waals surface area contributed by atoms with E-state index in [4.69, 9.17) is 24.9 Å². The summed E-state index contributed by atoms with van der Waals surface area (Å²) < 4.78 is 0. The molecule has 72 valence electrons. The minimum absolute atomic E-state index is 0. The Kier molecular flexibility index (Phi) is 106. The Labute approximate surface area is 133 Å². The van der Waals surface area contributed by atoms with Crippen LogP contribution in [0.5, 0.6) is 0 Å². The molecule has 0 amide bonds. The standard InChI is InChI=1S/2C2H4O2.CH3O.2Na.Ni.H/c2*1-2(3)4;1-2;;;;/h2*1H3,(H,3,4);1H3;;;;/q;;-1;2*+1;+2;-1/p-2. The molecule has 0 saturated carbocycles. The minimum Gasteiger partial charge on any atom is -1.00 e. The van der Waals surface area contributed by atoms with Crippen LogP contribution in [0.4, 0.5) is 0 Å². The molecule has 5 nitrogen and oxygen atoms in total. The second kappa shape index (κ2) is 37.6. The molecule has 0 atom stereocenters. The van der Waals surface area contributed by atoms with Crippen LogP contribution in [0.3, 0.4) is 0 Å². The van der Waals surface area contributed by atoms with Crippen molar-refractivity contribution in [3.63, 3.8) is 0 Å². The maximum Gasteiger partial charge on any atom is 2.00 e. The summed E-state index contributed by atoms with van der Waals surface area (Å²) in [7, 11) is 0.750. The normalized spacial score (nSPS) is 4.31. The second-order valence-corrected chi connectivity index (χ2v) is 0.983. The molecule has 0 saturated heterocycles. The van der Waals surface area contributed by atoms with Gasteiger partial charge in [0.25, 0.3) is 0 Å². The summed E-state index contributed by atoms with van der Waals surface area (Å²) in [6.45, 7) is 1.94. The molecule has 0 aromatic heterocycles. The van der Waals surface area contributed by atoms with Gasteiger partial charge >= 0.3 is 75.6 Å². The molecular weight excluding hydrogens is 245 g/mol. The van der Waals surface area contributed by atoms with E-state index in [1.807, 2.05) is 0 Å². The van der Waals surface area contributed by atoms with Gasteiger partial charge in [0.15, 0.2) is 0 Å². The quantitative estimate of drug-likeness (QED) is 0.400. The summed E-state index contributed by atoms with van der Waals surface area (Å²) in [5.41, 5.74) is 0. The maximum absolute atomic E-state index is 8.89. The molecule has 0 aliphatic rings. The second-order valence-electron chi connectivity index (χ2n) is 0.983. The van der Waals surface area contributed by atoms with Gasteiger partial charge in [0.2, 0.25) is 0 Å². The number of carboxylic acid groups (broad SMARTS) is 2. The Balaban J connectivity index is -0.00000000957. The van der Waals surface area contributed by atoms with Crippen molar-refractivity contribution in [2.45, 2.75) is 13.8 Å². The van der Waals surface area contributed by atoms with Crippen LogP contribution in [0.1, 0.15) is 15.3 Å². The summed E-state index contributed by atoms with van der Waals surface area (Å²) >= 11 is 0. The molecule has 0 rings (SSSR count). The van der Waals surface area contributed by atoms with E-state index in [9.17, 15) is 0 Å². The zero-order valence-corrected chi connectivity index (χ0v) is 13.3. The smallest absolute Gasteiger partial charge is 1.00 e. The summed E-state index contributed by atoms with van der Waals surface area (Å²) in [6, 6.07) is 0. The van der Waals surface area contributed by atoms with E-state index in [-0.39, 0.29) is 77.0 Å². The van der Waals surface area contributed by atoms with Crippen molar-refractivity contribution in [2.24, 2.45) is 0 Å². The van der Waals surface area contributed by atoms with E-state index in [1.165, 1.54) is 0 Å². The summed E-state index contributed by atoms with van der Waals surface area (Å²) in [6.07, 6.45) is 0. The van der Waals surface area contributed by atoms with Gasteiger partial charge < -0.3 is 26.3 Å². The number of carboxylic acids is 2. The van der Waals surface area contributed by atoms with Crippen LogP contribution in [0, 0.1) is 0 Å². The van der Waals surface area contributed by atoms with Gasteiger partial charge in [0.05, 0.1) is 0 Å². The molecule has 13 heavy (non-hydrogen) atoms. The SMILES string of the molecule is CC(=O)[O-].CC(=O)[O-].C[O-].[H-].[Na+].[Na+].[Ni+2]. The first-order valence-electron chi connectivity index (χ1n) is 2.22. The zero-order chi connectivity index (χ0) is 9.15. The van der Waals surface area contributed by atoms with E-state index >= 15 is 0 Å². The number of aliphatic carboxylic acids is 2. The average molecular weight is 255 g/mol. The fraction of sp³-hybridized carbons (Fsp3) is 0.600. The maximum atomic E-state index is 8.89. The molecule has 0 N–H and O–H groups in total. The van der Waals surface area contributed by atoms with Crippen molar-refractivity contribution in [2.75, 3.05) is 7.11 Å². The number of carbonyl (C=O) groups excluding carboxylic acids is 2. The summed E-state index contributed by atoms with van der Waals surface area (Å²) in [5, 5.41) is 26.0. The number of hydrogen-bond acceptors (Lipinski definition) is 5. The fourth-order valence-electron chi connectivity index (χ4n) is 0. The predicted octanol–water partition coefficient (Wildman–Crippen LogP) is -9.39. The molecular formula is C5H10Na2NiO5. The van der Waals surface area contributed by atoms with Crippen molar-refractivity contribution in [3.05, 3.63) is 0 Å². The van der Waals surface area contributed by atoms with Crippen LogP contribution in [0.15, 0.2) is 0 Å². The first-order valence-corrected chi connectivity index (χ1v) is 2.22. The first kappa shape index (κ1) is 36.6. The first-order chi connectivity index (χ1) is 4.46. The Bertz CT molecular complexity index is 86.1. The largest absolute Gasteiger partial charge is 2.00 e. The van der Waals surface area contributed by atoms with Crippen LogP contribution in [-0.4, -0.2) is 19.0 Å². The molecule has 0 aliphatic carbocycles. The van der Waals surface area contributed by atoms with Crippen LogP contribution < -0.4 is 74.4 Å². The molecule has 8 heteroatoms. The van der Waals surface area contributed by atoms with E-state index in [0.29, 0.717) is 0 Å². The summed E-state index contributed by atoms with van der Waals surface area (Å²) in [5.74, 6) is -2.17. The molecule has 0 spiro atoms. The fourth-order valence-corrected chi connectivity index (χ4v) is 0. The van der Waals surface area contributed by atoms with Crippen LogP contribution in [0.2, 0.25) is 0 Å². The van der Waals surface area contributed by atoms with Crippen molar-refractivity contribution in [1.82, 2.24) is 0 Å². The zero-order valence-electron chi connectivity index (χ0n) is 9.36. The average Bonchev–Trinajstić information content (AvgIpc) is 1.66. The van der Waals surface area contributed by atoms with E-state index in [2.05, 4.69) is 0 Å². The molecule has 0 bridgehead atoms. The van der Waals surface area contributed by atoms with Crippen molar-refractivity contribution in [1.29, 1.82) is 0 Å². The predicted molar refractivity (Wildman–Crippen MR) is 28.4 cm³/mol. The van der Waals surface area contributed by atoms with Gasteiger partial charge in [-0.05, 0) is 13.8 Å². The Hall–Kier alpha value is 1.39. The molecule has 0 radical (unpaired) electrons. The number of rotatable bonds is 0. The van der Waals surface area contributed by atoms with E-state index in [1.54, 1.807) is 0 Å². The Morgan fingerprint density at radius 2 is 0.923 bits per heavy atom. The third kappa shape index (κ3) is 895. The molecule has 0 unspecified atom stereocenters.